The second-order valence-corrected chi connectivity index (χ2v) is 5.92. The summed E-state index contributed by atoms with van der Waals surface area (Å²) in [7, 11) is 0. The van der Waals surface area contributed by atoms with Crippen LogP contribution < -0.4 is 0 Å². The summed E-state index contributed by atoms with van der Waals surface area (Å²) < 4.78 is 1.96. The molecule has 0 N–H and O–H groups in total. The van der Waals surface area contributed by atoms with E-state index in [9.17, 15) is 9.59 Å². The van der Waals surface area contributed by atoms with Crippen LogP contribution in [-0.2, 0) is 9.59 Å². The van der Waals surface area contributed by atoms with Gasteiger partial charge >= 0.3 is 0 Å². The molecule has 0 amide bonds. The Morgan fingerprint density at radius 3 is 1.39 bits per heavy atom. The van der Waals surface area contributed by atoms with Crippen molar-refractivity contribution >= 4 is 57.8 Å². The highest BCUT2D eigenvalue weighted by molar-refractivity contribution is 14.1. The van der Waals surface area contributed by atoms with Crippen LogP contribution >= 0.6 is 45.2 Å². The van der Waals surface area contributed by atoms with Crippen molar-refractivity contribution in [2.45, 2.75) is 0 Å². The maximum absolute atomic E-state index is 10.6. The molecule has 2 aromatic rings. The van der Waals surface area contributed by atoms with Crippen LogP contribution in [-0.4, -0.2) is 12.6 Å². The van der Waals surface area contributed by atoms with E-state index in [2.05, 4.69) is 45.2 Å². The highest BCUT2D eigenvalue weighted by atomic mass is 127. The zero-order chi connectivity index (χ0) is 13.1. The van der Waals surface area contributed by atoms with Gasteiger partial charge in [0.1, 0.15) is 0 Å². The van der Waals surface area contributed by atoms with E-state index in [0.29, 0.717) is 11.1 Å². The Bertz CT molecular complexity index is 566. The minimum atomic E-state index is 0.538. The molecule has 0 aliphatic rings. The SMILES string of the molecule is O=[C]c1ccc(-c2ccc([C]=O)cc2I)c(I)c1. The maximum atomic E-state index is 10.6. The summed E-state index contributed by atoms with van der Waals surface area (Å²) in [6, 6.07) is 10.8. The first-order chi connectivity index (χ1) is 8.65. The van der Waals surface area contributed by atoms with Gasteiger partial charge in [0.25, 0.3) is 0 Å². The molecule has 88 valence electrons. The Morgan fingerprint density at radius 2 is 1.11 bits per heavy atom. The summed E-state index contributed by atoms with van der Waals surface area (Å²) >= 11 is 4.38. The number of carbonyl (C=O) groups excluding carboxylic acids is 2. The predicted octanol–water partition coefficient (Wildman–Crippen LogP) is 3.48. The molecule has 0 fully saturated rings. The molecule has 2 nitrogen and oxygen atoms in total. The molecule has 4 heteroatoms. The number of hydrogen-bond donors (Lipinski definition) is 0. The van der Waals surface area contributed by atoms with Gasteiger partial charge in [0.15, 0.2) is 0 Å². The van der Waals surface area contributed by atoms with Crippen molar-refractivity contribution in [1.82, 2.24) is 0 Å². The fourth-order valence-electron chi connectivity index (χ4n) is 1.59. The lowest BCUT2D eigenvalue weighted by atomic mass is 10.0. The Balaban J connectivity index is 2.55. The molecule has 0 heterocycles. The van der Waals surface area contributed by atoms with E-state index in [1.807, 2.05) is 24.7 Å². The Hall–Kier alpha value is -0.760. The van der Waals surface area contributed by atoms with Gasteiger partial charge in [0.2, 0.25) is 12.6 Å². The molecule has 2 rings (SSSR count). The van der Waals surface area contributed by atoms with E-state index in [-0.39, 0.29) is 0 Å². The molecule has 2 aromatic carbocycles. The van der Waals surface area contributed by atoms with Gasteiger partial charge in [-0.1, -0.05) is 24.3 Å². The van der Waals surface area contributed by atoms with Crippen molar-refractivity contribution in [3.05, 3.63) is 54.7 Å². The molecule has 18 heavy (non-hydrogen) atoms. The third kappa shape index (κ3) is 2.80. The molecule has 0 atom stereocenters. The lowest BCUT2D eigenvalue weighted by Crippen LogP contribution is -1.91. The predicted molar refractivity (Wildman–Crippen MR) is 86.9 cm³/mol. The Kier molecular flexibility index (Phi) is 4.50. The van der Waals surface area contributed by atoms with Gasteiger partial charge in [0, 0.05) is 18.3 Å². The summed E-state index contributed by atoms with van der Waals surface area (Å²) in [6.45, 7) is 0. The van der Waals surface area contributed by atoms with Crippen molar-refractivity contribution < 1.29 is 9.59 Å². The zero-order valence-electron chi connectivity index (χ0n) is 9.04. The lowest BCUT2D eigenvalue weighted by molar-refractivity contribution is 0.562. The van der Waals surface area contributed by atoms with Crippen LogP contribution in [0.4, 0.5) is 0 Å². The second kappa shape index (κ2) is 5.92. The molecular weight excluding hydrogens is 454 g/mol. The van der Waals surface area contributed by atoms with E-state index in [4.69, 9.17) is 0 Å². The topological polar surface area (TPSA) is 34.1 Å². The molecule has 0 saturated heterocycles. The van der Waals surface area contributed by atoms with E-state index in [1.54, 1.807) is 24.3 Å². The van der Waals surface area contributed by atoms with Gasteiger partial charge in [-0.15, -0.1) is 0 Å². The molecule has 2 radical (unpaired) electrons. The van der Waals surface area contributed by atoms with Gasteiger partial charge in [-0.25, -0.2) is 0 Å². The zero-order valence-corrected chi connectivity index (χ0v) is 13.4. The first-order valence-electron chi connectivity index (χ1n) is 5.01. The van der Waals surface area contributed by atoms with Crippen molar-refractivity contribution in [3.63, 3.8) is 0 Å². The van der Waals surface area contributed by atoms with Gasteiger partial charge in [-0.05, 0) is 68.4 Å². The number of rotatable bonds is 3. The van der Waals surface area contributed by atoms with Crippen LogP contribution in [0.3, 0.4) is 0 Å². The van der Waals surface area contributed by atoms with Crippen molar-refractivity contribution in [2.24, 2.45) is 0 Å². The summed E-state index contributed by atoms with van der Waals surface area (Å²) in [5, 5.41) is 0. The minimum Gasteiger partial charge on any atom is -0.285 e. The van der Waals surface area contributed by atoms with Gasteiger partial charge in [-0.2, -0.15) is 0 Å². The Morgan fingerprint density at radius 1 is 0.722 bits per heavy atom. The van der Waals surface area contributed by atoms with E-state index >= 15 is 0 Å². The molecule has 0 unspecified atom stereocenters. The molecule has 0 saturated carbocycles. The second-order valence-electron chi connectivity index (χ2n) is 3.59. The molecule has 0 bridgehead atoms. The van der Waals surface area contributed by atoms with Crippen molar-refractivity contribution in [1.29, 1.82) is 0 Å². The van der Waals surface area contributed by atoms with Crippen LogP contribution in [0.15, 0.2) is 36.4 Å². The fraction of sp³-hybridized carbons (Fsp3) is 0. The lowest BCUT2D eigenvalue weighted by Gasteiger charge is -2.08. The molecule has 0 aliphatic carbocycles. The van der Waals surface area contributed by atoms with Crippen molar-refractivity contribution in [2.75, 3.05) is 0 Å². The average molecular weight is 460 g/mol. The number of benzene rings is 2. The molecular formula is C14H6I2O2. The molecule has 0 aliphatic heterocycles. The monoisotopic (exact) mass is 460 g/mol. The van der Waals surface area contributed by atoms with Crippen LogP contribution in [0, 0.1) is 7.14 Å². The highest BCUT2D eigenvalue weighted by Gasteiger charge is 2.08. The minimum absolute atomic E-state index is 0.538. The quantitative estimate of drug-likeness (QED) is 0.658. The summed E-state index contributed by atoms with van der Waals surface area (Å²) in [4.78, 5) is 21.2. The first kappa shape index (κ1) is 13.7. The van der Waals surface area contributed by atoms with Crippen LogP contribution in [0.2, 0.25) is 0 Å². The van der Waals surface area contributed by atoms with E-state index in [0.717, 1.165) is 18.3 Å². The standard InChI is InChI=1S/C14H6I2O2/c15-13-5-9(7-17)1-3-11(13)12-4-2-10(8-18)6-14(12)16/h1-6H. The van der Waals surface area contributed by atoms with Crippen LogP contribution in [0.5, 0.6) is 0 Å². The van der Waals surface area contributed by atoms with E-state index < -0.39 is 0 Å². The van der Waals surface area contributed by atoms with Crippen LogP contribution in [0.1, 0.15) is 11.1 Å². The Labute approximate surface area is 132 Å². The van der Waals surface area contributed by atoms with Crippen molar-refractivity contribution in [3.8, 4) is 11.1 Å². The molecule has 0 aromatic heterocycles. The van der Waals surface area contributed by atoms with Gasteiger partial charge in [0.05, 0.1) is 0 Å². The normalized spacial score (nSPS) is 10.1. The van der Waals surface area contributed by atoms with Crippen LogP contribution in [0.25, 0.3) is 11.1 Å². The third-order valence-electron chi connectivity index (χ3n) is 2.46. The third-order valence-corrected chi connectivity index (χ3v) is 4.25. The molecule has 0 spiro atoms. The largest absolute Gasteiger partial charge is 0.285 e. The van der Waals surface area contributed by atoms with E-state index in [1.165, 1.54) is 0 Å². The summed E-state index contributed by atoms with van der Waals surface area (Å²) in [5.41, 5.74) is 3.15. The fourth-order valence-corrected chi connectivity index (χ4v) is 3.21. The number of halogens is 2. The summed E-state index contributed by atoms with van der Waals surface area (Å²) in [5.74, 6) is 0. The first-order valence-corrected chi connectivity index (χ1v) is 7.17. The number of hydrogen-bond acceptors (Lipinski definition) is 2. The summed E-state index contributed by atoms with van der Waals surface area (Å²) in [6.07, 6.45) is 3.74. The maximum Gasteiger partial charge on any atom is 0.233 e. The van der Waals surface area contributed by atoms with Gasteiger partial charge in [-0.3, -0.25) is 9.59 Å². The van der Waals surface area contributed by atoms with Gasteiger partial charge < -0.3 is 0 Å². The smallest absolute Gasteiger partial charge is 0.233 e. The highest BCUT2D eigenvalue weighted by Crippen LogP contribution is 2.30. The average Bonchev–Trinajstić information content (AvgIpc) is 2.39.